The minimum absolute atomic E-state index is 0.0825. The number of unbranched alkanes of at least 4 members (excludes halogenated alkanes) is 2. The van der Waals surface area contributed by atoms with E-state index in [0.29, 0.717) is 16.4 Å². The van der Waals surface area contributed by atoms with E-state index in [9.17, 15) is 13.2 Å². The van der Waals surface area contributed by atoms with Crippen LogP contribution < -0.4 is 10.0 Å². The molecule has 0 unspecified atom stereocenters. The van der Waals surface area contributed by atoms with E-state index in [1.807, 2.05) is 19.9 Å². The molecule has 3 rings (SSSR count). The number of sulfonamides is 1. The van der Waals surface area contributed by atoms with Crippen molar-refractivity contribution in [1.82, 2.24) is 10.2 Å². The summed E-state index contributed by atoms with van der Waals surface area (Å²) >= 11 is 1.36. The van der Waals surface area contributed by atoms with Crippen LogP contribution in [0, 0.1) is 13.8 Å². The summed E-state index contributed by atoms with van der Waals surface area (Å²) in [6.07, 6.45) is 4.16. The lowest BCUT2D eigenvalue weighted by Gasteiger charge is -2.12. The molecule has 0 aliphatic carbocycles. The second-order valence-electron chi connectivity index (χ2n) is 7.29. The van der Waals surface area contributed by atoms with Crippen LogP contribution in [0.2, 0.25) is 0 Å². The highest BCUT2D eigenvalue weighted by molar-refractivity contribution is 7.92. The summed E-state index contributed by atoms with van der Waals surface area (Å²) in [6.45, 7) is 5.93. The van der Waals surface area contributed by atoms with Crippen molar-refractivity contribution in [2.75, 3.05) is 10.0 Å². The van der Waals surface area contributed by atoms with Gasteiger partial charge in [-0.25, -0.2) is 8.42 Å². The lowest BCUT2D eigenvalue weighted by Crippen LogP contribution is -2.15. The molecule has 0 spiro atoms. The van der Waals surface area contributed by atoms with E-state index in [4.69, 9.17) is 0 Å². The Morgan fingerprint density at radius 2 is 1.77 bits per heavy atom. The highest BCUT2D eigenvalue weighted by atomic mass is 32.2. The first kappa shape index (κ1) is 22.9. The van der Waals surface area contributed by atoms with Gasteiger partial charge in [0.1, 0.15) is 5.01 Å². The SMILES string of the molecule is CCCCCc1nnc(NC(=O)c2ccc(S(=O)(=O)Nc3cccc(C)c3C)cc2)s1. The van der Waals surface area contributed by atoms with E-state index < -0.39 is 10.0 Å². The number of amides is 1. The molecule has 3 aromatic rings. The van der Waals surface area contributed by atoms with E-state index >= 15 is 0 Å². The van der Waals surface area contributed by atoms with Crippen LogP contribution in [0.15, 0.2) is 47.4 Å². The summed E-state index contributed by atoms with van der Waals surface area (Å²) < 4.78 is 28.1. The summed E-state index contributed by atoms with van der Waals surface area (Å²) in [7, 11) is -3.76. The Morgan fingerprint density at radius 3 is 2.48 bits per heavy atom. The van der Waals surface area contributed by atoms with Crippen molar-refractivity contribution in [3.63, 3.8) is 0 Å². The third kappa shape index (κ3) is 5.89. The molecular weight excluding hydrogens is 432 g/mol. The van der Waals surface area contributed by atoms with Gasteiger partial charge in [0.2, 0.25) is 5.13 Å². The zero-order valence-corrected chi connectivity index (χ0v) is 19.4. The largest absolute Gasteiger partial charge is 0.296 e. The molecule has 0 saturated carbocycles. The van der Waals surface area contributed by atoms with Crippen LogP contribution >= 0.6 is 11.3 Å². The quantitative estimate of drug-likeness (QED) is 0.442. The minimum Gasteiger partial charge on any atom is -0.296 e. The number of anilines is 2. The Morgan fingerprint density at radius 1 is 1.03 bits per heavy atom. The van der Waals surface area contributed by atoms with Crippen LogP contribution in [-0.2, 0) is 16.4 Å². The zero-order chi connectivity index (χ0) is 22.4. The zero-order valence-electron chi connectivity index (χ0n) is 17.8. The fraction of sp³-hybridized carbons (Fsp3) is 0.318. The van der Waals surface area contributed by atoms with Gasteiger partial charge in [0.15, 0.2) is 0 Å². The number of aromatic nitrogens is 2. The number of hydrogen-bond donors (Lipinski definition) is 2. The summed E-state index contributed by atoms with van der Waals surface area (Å²) in [5, 5.41) is 12.2. The standard InChI is InChI=1S/C22H26N4O3S2/c1-4-5-6-10-20-24-25-22(30-20)23-21(27)17-11-13-18(14-12-17)31(28,29)26-19-9-7-8-15(2)16(19)3/h7-9,11-14,26H,4-6,10H2,1-3H3,(H,23,25,27). The van der Waals surface area contributed by atoms with Crippen LogP contribution in [0.5, 0.6) is 0 Å². The molecule has 0 aliphatic heterocycles. The van der Waals surface area contributed by atoms with Crippen molar-refractivity contribution in [3.8, 4) is 0 Å². The Hall–Kier alpha value is -2.78. The van der Waals surface area contributed by atoms with Crippen molar-refractivity contribution < 1.29 is 13.2 Å². The van der Waals surface area contributed by atoms with Crippen molar-refractivity contribution in [2.24, 2.45) is 0 Å². The highest BCUT2D eigenvalue weighted by Gasteiger charge is 2.17. The topological polar surface area (TPSA) is 101 Å². The number of benzene rings is 2. The number of carbonyl (C=O) groups excluding carboxylic acids is 1. The molecule has 2 N–H and O–H groups in total. The van der Waals surface area contributed by atoms with Gasteiger partial charge in [-0.3, -0.25) is 14.8 Å². The average Bonchev–Trinajstić information content (AvgIpc) is 3.19. The predicted molar refractivity (Wildman–Crippen MR) is 124 cm³/mol. The minimum atomic E-state index is -3.76. The molecule has 0 bridgehead atoms. The van der Waals surface area contributed by atoms with Gasteiger partial charge in [0, 0.05) is 12.0 Å². The number of carbonyl (C=O) groups is 1. The van der Waals surface area contributed by atoms with Crippen LogP contribution in [0.25, 0.3) is 0 Å². The van der Waals surface area contributed by atoms with Gasteiger partial charge in [0.25, 0.3) is 15.9 Å². The summed E-state index contributed by atoms with van der Waals surface area (Å²) in [5.74, 6) is -0.359. The molecule has 7 nitrogen and oxygen atoms in total. The Bertz CT molecular complexity index is 1160. The third-order valence-electron chi connectivity index (χ3n) is 4.96. The molecule has 0 aliphatic rings. The molecule has 1 heterocycles. The molecular formula is C22H26N4O3S2. The molecule has 0 saturated heterocycles. The first-order valence-electron chi connectivity index (χ1n) is 10.1. The lowest BCUT2D eigenvalue weighted by atomic mass is 10.1. The van der Waals surface area contributed by atoms with E-state index in [-0.39, 0.29) is 10.8 Å². The lowest BCUT2D eigenvalue weighted by molar-refractivity contribution is 0.102. The maximum atomic E-state index is 12.7. The smallest absolute Gasteiger partial charge is 0.261 e. The number of nitrogens with zero attached hydrogens (tertiary/aromatic N) is 2. The fourth-order valence-corrected chi connectivity index (χ4v) is 4.85. The van der Waals surface area contributed by atoms with E-state index in [0.717, 1.165) is 41.8 Å². The van der Waals surface area contributed by atoms with Gasteiger partial charge < -0.3 is 0 Å². The molecule has 9 heteroatoms. The molecule has 1 amide bonds. The fourth-order valence-electron chi connectivity index (χ4n) is 2.95. The average molecular weight is 459 g/mol. The first-order chi connectivity index (χ1) is 14.8. The Kier molecular flexibility index (Phi) is 7.40. The van der Waals surface area contributed by atoms with Gasteiger partial charge in [-0.05, 0) is 61.7 Å². The summed E-state index contributed by atoms with van der Waals surface area (Å²) in [5.41, 5.74) is 2.74. The second kappa shape index (κ2) is 10.0. The van der Waals surface area contributed by atoms with E-state index in [2.05, 4.69) is 27.2 Å². The van der Waals surface area contributed by atoms with Gasteiger partial charge in [-0.1, -0.05) is 43.2 Å². The number of nitrogens with one attached hydrogen (secondary N) is 2. The van der Waals surface area contributed by atoms with Gasteiger partial charge in [-0.15, -0.1) is 10.2 Å². The van der Waals surface area contributed by atoms with Crippen molar-refractivity contribution >= 4 is 38.1 Å². The number of aryl methyl sites for hydroxylation is 2. The molecule has 0 radical (unpaired) electrons. The number of hydrogen-bond acceptors (Lipinski definition) is 6. The van der Waals surface area contributed by atoms with Crippen LogP contribution in [0.1, 0.15) is 52.7 Å². The predicted octanol–water partition coefficient (Wildman–Crippen LogP) is 4.94. The normalized spacial score (nSPS) is 11.3. The maximum absolute atomic E-state index is 12.7. The monoisotopic (exact) mass is 458 g/mol. The van der Waals surface area contributed by atoms with Gasteiger partial charge >= 0.3 is 0 Å². The second-order valence-corrected chi connectivity index (χ2v) is 10.0. The van der Waals surface area contributed by atoms with Crippen molar-refractivity contribution in [3.05, 3.63) is 64.2 Å². The Balaban J connectivity index is 1.66. The van der Waals surface area contributed by atoms with Crippen LogP contribution in [-0.4, -0.2) is 24.5 Å². The maximum Gasteiger partial charge on any atom is 0.261 e. The van der Waals surface area contributed by atoms with Crippen molar-refractivity contribution in [1.29, 1.82) is 0 Å². The highest BCUT2D eigenvalue weighted by Crippen LogP contribution is 2.23. The third-order valence-corrected chi connectivity index (χ3v) is 7.24. The number of rotatable bonds is 9. The molecule has 31 heavy (non-hydrogen) atoms. The first-order valence-corrected chi connectivity index (χ1v) is 12.4. The molecule has 0 fully saturated rings. The van der Waals surface area contributed by atoms with Crippen LogP contribution in [0.3, 0.4) is 0 Å². The summed E-state index contributed by atoms with van der Waals surface area (Å²) in [6, 6.07) is 11.2. The Labute approximate surface area is 187 Å². The molecule has 164 valence electrons. The summed E-state index contributed by atoms with van der Waals surface area (Å²) in [4.78, 5) is 12.6. The molecule has 2 aromatic carbocycles. The van der Waals surface area contributed by atoms with E-state index in [1.165, 1.54) is 35.6 Å². The molecule has 1 aromatic heterocycles. The van der Waals surface area contributed by atoms with E-state index in [1.54, 1.807) is 12.1 Å². The molecule has 0 atom stereocenters. The van der Waals surface area contributed by atoms with Gasteiger partial charge in [-0.2, -0.15) is 0 Å². The van der Waals surface area contributed by atoms with Gasteiger partial charge in [0.05, 0.1) is 10.6 Å². The van der Waals surface area contributed by atoms with Crippen LogP contribution in [0.4, 0.5) is 10.8 Å². The van der Waals surface area contributed by atoms with Crippen molar-refractivity contribution in [2.45, 2.75) is 51.3 Å².